The van der Waals surface area contributed by atoms with Crippen LogP contribution >= 0.6 is 34.7 Å². The summed E-state index contributed by atoms with van der Waals surface area (Å²) in [7, 11) is 1.98. The Labute approximate surface area is 142 Å². The number of rotatable bonds is 6. The number of ether oxygens (including phenoxy) is 1. The fourth-order valence-electron chi connectivity index (χ4n) is 1.88. The molecule has 0 saturated carbocycles. The van der Waals surface area contributed by atoms with Crippen molar-refractivity contribution in [1.82, 2.24) is 14.8 Å². The Morgan fingerprint density at radius 2 is 2.05 bits per heavy atom. The van der Waals surface area contributed by atoms with Crippen LogP contribution in [0.3, 0.4) is 0 Å². The summed E-state index contributed by atoms with van der Waals surface area (Å²) < 4.78 is 7.68. The molecule has 0 radical (unpaired) electrons. The zero-order valence-electron chi connectivity index (χ0n) is 11.9. The minimum absolute atomic E-state index is 0.605. The molecule has 0 N–H and O–H groups in total. The predicted octanol–water partition coefficient (Wildman–Crippen LogP) is 4.37. The summed E-state index contributed by atoms with van der Waals surface area (Å²) in [6, 6.07) is 11.4. The lowest BCUT2D eigenvalue weighted by Crippen LogP contribution is -2.01. The number of benzene rings is 1. The van der Waals surface area contributed by atoms with E-state index in [0.29, 0.717) is 11.6 Å². The van der Waals surface area contributed by atoms with Gasteiger partial charge in [0.05, 0.1) is 11.5 Å². The van der Waals surface area contributed by atoms with Crippen molar-refractivity contribution in [3.8, 4) is 16.5 Å². The second-order valence-electron chi connectivity index (χ2n) is 4.49. The van der Waals surface area contributed by atoms with Crippen molar-refractivity contribution in [2.75, 3.05) is 12.4 Å². The molecule has 2 aromatic heterocycles. The lowest BCUT2D eigenvalue weighted by atomic mass is 10.3. The Balaban J connectivity index is 1.53. The van der Waals surface area contributed by atoms with Crippen molar-refractivity contribution in [3.05, 3.63) is 46.8 Å². The van der Waals surface area contributed by atoms with E-state index in [2.05, 4.69) is 10.2 Å². The van der Waals surface area contributed by atoms with Crippen LogP contribution in [0.2, 0.25) is 5.02 Å². The van der Waals surface area contributed by atoms with Crippen LogP contribution in [-0.2, 0) is 7.05 Å². The van der Waals surface area contributed by atoms with Gasteiger partial charge in [0, 0.05) is 17.8 Å². The highest BCUT2D eigenvalue weighted by Crippen LogP contribution is 2.26. The molecule has 4 nitrogen and oxygen atoms in total. The van der Waals surface area contributed by atoms with Gasteiger partial charge in [-0.2, -0.15) is 0 Å². The second-order valence-corrected chi connectivity index (χ2v) is 6.94. The molecule has 2 heterocycles. The third-order valence-corrected chi connectivity index (χ3v) is 5.08. The number of nitrogens with zero attached hydrogens (tertiary/aromatic N) is 3. The van der Waals surface area contributed by atoms with Gasteiger partial charge >= 0.3 is 0 Å². The standard InChI is InChI=1S/C15H14ClN3OS2/c1-19-14(13-3-2-9-21-13)17-18-15(19)22-10-8-20-12-6-4-11(16)5-7-12/h2-7,9H,8,10H2,1H3. The molecule has 0 unspecified atom stereocenters. The van der Waals surface area contributed by atoms with E-state index in [4.69, 9.17) is 16.3 Å². The monoisotopic (exact) mass is 351 g/mol. The van der Waals surface area contributed by atoms with E-state index in [1.165, 1.54) is 0 Å². The first-order chi connectivity index (χ1) is 10.7. The minimum Gasteiger partial charge on any atom is -0.493 e. The first-order valence-electron chi connectivity index (χ1n) is 6.68. The van der Waals surface area contributed by atoms with Gasteiger partial charge in [0.15, 0.2) is 11.0 Å². The third-order valence-electron chi connectivity index (χ3n) is 2.97. The number of thioether (sulfide) groups is 1. The highest BCUT2D eigenvalue weighted by atomic mass is 35.5. The molecular weight excluding hydrogens is 338 g/mol. The number of halogens is 1. The van der Waals surface area contributed by atoms with Gasteiger partial charge in [-0.1, -0.05) is 29.4 Å². The van der Waals surface area contributed by atoms with Crippen LogP contribution in [0.4, 0.5) is 0 Å². The van der Waals surface area contributed by atoms with Crippen LogP contribution in [-0.4, -0.2) is 27.1 Å². The maximum atomic E-state index is 5.84. The molecular formula is C15H14ClN3OS2. The van der Waals surface area contributed by atoms with E-state index in [9.17, 15) is 0 Å². The van der Waals surface area contributed by atoms with E-state index in [1.54, 1.807) is 23.1 Å². The van der Waals surface area contributed by atoms with Gasteiger partial charge in [0.25, 0.3) is 0 Å². The minimum atomic E-state index is 0.605. The van der Waals surface area contributed by atoms with Crippen molar-refractivity contribution in [1.29, 1.82) is 0 Å². The number of thiophene rings is 1. The number of hydrogen-bond acceptors (Lipinski definition) is 5. The van der Waals surface area contributed by atoms with Gasteiger partial charge in [0.1, 0.15) is 5.75 Å². The van der Waals surface area contributed by atoms with Crippen LogP contribution < -0.4 is 4.74 Å². The first-order valence-corrected chi connectivity index (χ1v) is 8.93. The number of aromatic nitrogens is 3. The van der Waals surface area contributed by atoms with Crippen LogP contribution in [0.25, 0.3) is 10.7 Å². The Kier molecular flexibility index (Phi) is 5.02. The zero-order valence-corrected chi connectivity index (χ0v) is 14.3. The van der Waals surface area contributed by atoms with E-state index >= 15 is 0 Å². The predicted molar refractivity (Wildman–Crippen MR) is 92.0 cm³/mol. The summed E-state index contributed by atoms with van der Waals surface area (Å²) in [6.07, 6.45) is 0. The number of hydrogen-bond donors (Lipinski definition) is 0. The molecule has 1 aromatic carbocycles. The Hall–Kier alpha value is -1.50. The second kappa shape index (κ2) is 7.17. The Morgan fingerprint density at radius 1 is 1.23 bits per heavy atom. The van der Waals surface area contributed by atoms with E-state index in [0.717, 1.165) is 27.4 Å². The fraction of sp³-hybridized carbons (Fsp3) is 0.200. The fourth-order valence-corrected chi connectivity index (χ4v) is 3.48. The van der Waals surface area contributed by atoms with E-state index in [-0.39, 0.29) is 0 Å². The molecule has 0 spiro atoms. The molecule has 0 fully saturated rings. The molecule has 22 heavy (non-hydrogen) atoms. The van der Waals surface area contributed by atoms with Gasteiger partial charge < -0.3 is 9.30 Å². The third kappa shape index (κ3) is 3.63. The molecule has 0 aliphatic heterocycles. The lowest BCUT2D eigenvalue weighted by Gasteiger charge is -2.06. The first kappa shape index (κ1) is 15.4. The van der Waals surface area contributed by atoms with Crippen molar-refractivity contribution in [2.45, 2.75) is 5.16 Å². The highest BCUT2D eigenvalue weighted by molar-refractivity contribution is 7.99. The molecule has 3 rings (SSSR count). The molecule has 114 valence electrons. The van der Waals surface area contributed by atoms with Crippen LogP contribution in [0.1, 0.15) is 0 Å². The van der Waals surface area contributed by atoms with E-state index < -0.39 is 0 Å². The molecule has 3 aromatic rings. The molecule has 0 saturated heterocycles. The van der Waals surface area contributed by atoms with Gasteiger partial charge in [-0.3, -0.25) is 0 Å². The van der Waals surface area contributed by atoms with Crippen molar-refractivity contribution >= 4 is 34.7 Å². The molecule has 0 aliphatic carbocycles. The topological polar surface area (TPSA) is 39.9 Å². The smallest absolute Gasteiger partial charge is 0.191 e. The average Bonchev–Trinajstić information content (AvgIpc) is 3.16. The summed E-state index contributed by atoms with van der Waals surface area (Å²) in [4.78, 5) is 1.12. The molecule has 0 amide bonds. The maximum absolute atomic E-state index is 5.84. The zero-order chi connectivity index (χ0) is 15.4. The normalized spacial score (nSPS) is 10.8. The SMILES string of the molecule is Cn1c(SCCOc2ccc(Cl)cc2)nnc1-c1cccs1. The van der Waals surface area contributed by atoms with Crippen LogP contribution in [0.15, 0.2) is 46.9 Å². The summed E-state index contributed by atoms with van der Waals surface area (Å²) in [5, 5.41) is 12.1. The quantitative estimate of drug-likeness (QED) is 0.488. The van der Waals surface area contributed by atoms with Gasteiger partial charge in [0.2, 0.25) is 0 Å². The summed E-state index contributed by atoms with van der Waals surface area (Å²) in [5.74, 6) is 2.53. The Morgan fingerprint density at radius 3 is 2.77 bits per heavy atom. The lowest BCUT2D eigenvalue weighted by molar-refractivity contribution is 0.344. The van der Waals surface area contributed by atoms with Crippen molar-refractivity contribution in [2.24, 2.45) is 7.05 Å². The van der Waals surface area contributed by atoms with Gasteiger partial charge in [-0.25, -0.2) is 0 Å². The molecule has 0 atom stereocenters. The maximum Gasteiger partial charge on any atom is 0.191 e. The highest BCUT2D eigenvalue weighted by Gasteiger charge is 2.11. The van der Waals surface area contributed by atoms with Gasteiger partial charge in [-0.05, 0) is 35.7 Å². The average molecular weight is 352 g/mol. The van der Waals surface area contributed by atoms with E-state index in [1.807, 2.05) is 53.4 Å². The molecule has 7 heteroatoms. The summed E-state index contributed by atoms with van der Waals surface area (Å²) >= 11 is 9.13. The molecule has 0 aliphatic rings. The van der Waals surface area contributed by atoms with Crippen LogP contribution in [0.5, 0.6) is 5.75 Å². The largest absolute Gasteiger partial charge is 0.493 e. The molecule has 0 bridgehead atoms. The van der Waals surface area contributed by atoms with Gasteiger partial charge in [-0.15, -0.1) is 21.5 Å². The Bertz CT molecular complexity index is 726. The van der Waals surface area contributed by atoms with Crippen molar-refractivity contribution in [3.63, 3.8) is 0 Å². The summed E-state index contributed by atoms with van der Waals surface area (Å²) in [6.45, 7) is 0.605. The van der Waals surface area contributed by atoms with Crippen LogP contribution in [0, 0.1) is 0 Å². The van der Waals surface area contributed by atoms with Crippen molar-refractivity contribution < 1.29 is 4.74 Å². The summed E-state index contributed by atoms with van der Waals surface area (Å²) in [5.41, 5.74) is 0.